The number of esters is 1. The number of aromatic nitrogens is 1. The SMILES string of the molecule is CCOC(=O)C1=C(c2ccccc2)N=c2s/c(=C\c3ccc(I)o3)c(=O)n2[C@H]1c1cccc(OC)c1. The van der Waals surface area contributed by atoms with Crippen LogP contribution in [0, 0.1) is 3.77 Å². The summed E-state index contributed by atoms with van der Waals surface area (Å²) in [6.07, 6.45) is 1.70. The Morgan fingerprint density at radius 3 is 2.67 bits per heavy atom. The summed E-state index contributed by atoms with van der Waals surface area (Å²) >= 11 is 3.33. The lowest BCUT2D eigenvalue weighted by atomic mass is 9.93. The molecular formula is C27H21IN2O5S. The van der Waals surface area contributed by atoms with E-state index in [0.29, 0.717) is 37.7 Å². The molecule has 0 saturated heterocycles. The van der Waals surface area contributed by atoms with Crippen molar-refractivity contribution >= 4 is 51.7 Å². The Hall–Kier alpha value is -3.44. The number of carbonyl (C=O) groups excluding carboxylic acids is 1. The molecule has 4 aromatic rings. The number of benzene rings is 2. The van der Waals surface area contributed by atoms with Gasteiger partial charge in [0.1, 0.15) is 11.5 Å². The average molecular weight is 612 g/mol. The summed E-state index contributed by atoms with van der Waals surface area (Å²) in [5.41, 5.74) is 1.96. The van der Waals surface area contributed by atoms with Gasteiger partial charge in [0, 0.05) is 11.6 Å². The van der Waals surface area contributed by atoms with Crippen LogP contribution in [-0.4, -0.2) is 24.3 Å². The van der Waals surface area contributed by atoms with Gasteiger partial charge in [-0.2, -0.15) is 0 Å². The van der Waals surface area contributed by atoms with E-state index in [2.05, 4.69) is 22.6 Å². The maximum absolute atomic E-state index is 13.8. The van der Waals surface area contributed by atoms with E-state index in [1.54, 1.807) is 30.7 Å². The van der Waals surface area contributed by atoms with Gasteiger partial charge in [-0.15, -0.1) is 0 Å². The molecule has 3 heterocycles. The minimum atomic E-state index is -0.760. The van der Waals surface area contributed by atoms with E-state index in [1.807, 2.05) is 60.7 Å². The second-order valence-electron chi connectivity index (χ2n) is 7.85. The third-order valence-corrected chi connectivity index (χ3v) is 7.21. The Kier molecular flexibility index (Phi) is 6.92. The summed E-state index contributed by atoms with van der Waals surface area (Å²) in [6, 6.07) is 19.7. The van der Waals surface area contributed by atoms with Gasteiger partial charge in [0.2, 0.25) is 0 Å². The van der Waals surface area contributed by atoms with Crippen molar-refractivity contribution in [3.63, 3.8) is 0 Å². The summed E-state index contributed by atoms with van der Waals surface area (Å²) in [5, 5.41) is 0. The number of hydrogen-bond donors (Lipinski definition) is 0. The number of methoxy groups -OCH3 is 1. The zero-order valence-corrected chi connectivity index (χ0v) is 22.4. The highest BCUT2D eigenvalue weighted by molar-refractivity contribution is 14.1. The normalized spacial score (nSPS) is 15.4. The van der Waals surface area contributed by atoms with Crippen LogP contribution in [0.5, 0.6) is 5.75 Å². The Morgan fingerprint density at radius 1 is 1.17 bits per heavy atom. The molecule has 1 atom stereocenters. The molecule has 0 spiro atoms. The van der Waals surface area contributed by atoms with Crippen LogP contribution in [0.4, 0.5) is 0 Å². The van der Waals surface area contributed by atoms with Crippen molar-refractivity contribution in [1.29, 1.82) is 0 Å². The van der Waals surface area contributed by atoms with Gasteiger partial charge in [-0.05, 0) is 59.3 Å². The monoisotopic (exact) mass is 612 g/mol. The van der Waals surface area contributed by atoms with Crippen LogP contribution in [-0.2, 0) is 9.53 Å². The largest absolute Gasteiger partial charge is 0.497 e. The summed E-state index contributed by atoms with van der Waals surface area (Å²) in [4.78, 5) is 32.5. The summed E-state index contributed by atoms with van der Waals surface area (Å²) in [6.45, 7) is 1.94. The van der Waals surface area contributed by atoms with E-state index in [-0.39, 0.29) is 12.2 Å². The van der Waals surface area contributed by atoms with Crippen LogP contribution in [0.1, 0.15) is 29.9 Å². The zero-order valence-electron chi connectivity index (χ0n) is 19.4. The van der Waals surface area contributed by atoms with Gasteiger partial charge in [0.25, 0.3) is 5.56 Å². The first-order chi connectivity index (χ1) is 17.5. The van der Waals surface area contributed by atoms with Crippen LogP contribution in [0.15, 0.2) is 86.5 Å². The summed E-state index contributed by atoms with van der Waals surface area (Å²) < 4.78 is 19.3. The lowest BCUT2D eigenvalue weighted by molar-refractivity contribution is -0.138. The first-order valence-corrected chi connectivity index (χ1v) is 13.1. The number of nitrogens with zero attached hydrogens (tertiary/aromatic N) is 2. The molecule has 9 heteroatoms. The van der Waals surface area contributed by atoms with Crippen LogP contribution < -0.4 is 19.6 Å². The number of carbonyl (C=O) groups is 1. The second-order valence-corrected chi connectivity index (χ2v) is 9.92. The molecule has 7 nitrogen and oxygen atoms in total. The second kappa shape index (κ2) is 10.3. The molecule has 1 aliphatic heterocycles. The Bertz CT molecular complexity index is 1650. The number of furan rings is 1. The Labute approximate surface area is 224 Å². The van der Waals surface area contributed by atoms with Crippen LogP contribution in [0.25, 0.3) is 11.8 Å². The van der Waals surface area contributed by atoms with Crippen molar-refractivity contribution in [2.45, 2.75) is 13.0 Å². The molecule has 0 radical (unpaired) electrons. The highest BCUT2D eigenvalue weighted by atomic mass is 127. The fourth-order valence-electron chi connectivity index (χ4n) is 4.10. The highest BCUT2D eigenvalue weighted by Gasteiger charge is 2.35. The van der Waals surface area contributed by atoms with E-state index in [4.69, 9.17) is 18.9 Å². The van der Waals surface area contributed by atoms with Gasteiger partial charge in [-0.25, -0.2) is 9.79 Å². The van der Waals surface area contributed by atoms with E-state index in [9.17, 15) is 9.59 Å². The van der Waals surface area contributed by atoms with E-state index < -0.39 is 12.0 Å². The van der Waals surface area contributed by atoms with Crippen molar-refractivity contribution in [1.82, 2.24) is 4.57 Å². The molecule has 0 unspecified atom stereocenters. The van der Waals surface area contributed by atoms with Crippen molar-refractivity contribution in [3.05, 3.63) is 113 Å². The van der Waals surface area contributed by atoms with Crippen molar-refractivity contribution in [3.8, 4) is 5.75 Å². The Balaban J connectivity index is 1.84. The maximum Gasteiger partial charge on any atom is 0.338 e. The van der Waals surface area contributed by atoms with E-state index in [1.165, 1.54) is 11.3 Å². The zero-order chi connectivity index (χ0) is 25.2. The Morgan fingerprint density at radius 2 is 1.97 bits per heavy atom. The predicted octanol–water partition coefficient (Wildman–Crippen LogP) is 4.14. The molecule has 5 rings (SSSR count). The molecule has 0 bridgehead atoms. The minimum absolute atomic E-state index is 0.191. The quantitative estimate of drug-likeness (QED) is 0.242. The van der Waals surface area contributed by atoms with Gasteiger partial charge < -0.3 is 13.9 Å². The fraction of sp³-hybridized carbons (Fsp3) is 0.148. The highest BCUT2D eigenvalue weighted by Crippen LogP contribution is 2.36. The molecule has 0 saturated carbocycles. The van der Waals surface area contributed by atoms with Gasteiger partial charge in [0.05, 0.1) is 35.6 Å². The molecule has 0 fully saturated rings. The third-order valence-electron chi connectivity index (χ3n) is 5.65. The number of ether oxygens (including phenoxy) is 2. The number of rotatable bonds is 6. The number of fused-ring (bicyclic) bond motifs is 1. The molecule has 182 valence electrons. The first-order valence-electron chi connectivity index (χ1n) is 11.2. The molecule has 2 aromatic carbocycles. The molecule has 0 amide bonds. The van der Waals surface area contributed by atoms with Crippen molar-refractivity contribution in [2.24, 2.45) is 4.99 Å². The van der Waals surface area contributed by atoms with E-state index >= 15 is 0 Å². The first kappa shape index (κ1) is 24.3. The van der Waals surface area contributed by atoms with Crippen molar-refractivity contribution in [2.75, 3.05) is 13.7 Å². The van der Waals surface area contributed by atoms with E-state index in [0.717, 1.165) is 9.33 Å². The summed E-state index contributed by atoms with van der Waals surface area (Å²) in [7, 11) is 1.58. The fourth-order valence-corrected chi connectivity index (χ4v) is 5.52. The molecular weight excluding hydrogens is 591 g/mol. The minimum Gasteiger partial charge on any atom is -0.497 e. The molecule has 1 aliphatic rings. The lowest BCUT2D eigenvalue weighted by Gasteiger charge is -2.26. The molecule has 2 aromatic heterocycles. The average Bonchev–Trinajstić information content (AvgIpc) is 3.45. The van der Waals surface area contributed by atoms with Gasteiger partial charge in [0.15, 0.2) is 8.57 Å². The van der Waals surface area contributed by atoms with Gasteiger partial charge in [-0.1, -0.05) is 53.8 Å². The topological polar surface area (TPSA) is 83.0 Å². The smallest absolute Gasteiger partial charge is 0.338 e. The number of hydrogen-bond acceptors (Lipinski definition) is 7. The maximum atomic E-state index is 13.8. The molecule has 36 heavy (non-hydrogen) atoms. The van der Waals surface area contributed by atoms with Gasteiger partial charge in [-0.3, -0.25) is 9.36 Å². The predicted molar refractivity (Wildman–Crippen MR) is 145 cm³/mol. The number of thiazole rings is 1. The standard InChI is InChI=1S/C27H21IN2O5S/c1-3-34-26(32)22-23(16-8-5-4-6-9-16)29-27-30(24(22)17-10-7-11-18(14-17)33-2)25(31)20(36-27)15-19-12-13-21(28)35-19/h4-15,24H,3H2,1-2H3/b20-15-/t24-/m0/s1. The van der Waals surface area contributed by atoms with Crippen LogP contribution in [0.2, 0.25) is 0 Å². The van der Waals surface area contributed by atoms with Crippen molar-refractivity contribution < 1.29 is 18.7 Å². The van der Waals surface area contributed by atoms with Crippen LogP contribution >= 0.6 is 33.9 Å². The molecule has 0 N–H and O–H groups in total. The lowest BCUT2D eigenvalue weighted by Crippen LogP contribution is -2.40. The summed E-state index contributed by atoms with van der Waals surface area (Å²) in [5.74, 6) is 0.652. The van der Waals surface area contributed by atoms with Crippen LogP contribution in [0.3, 0.4) is 0 Å². The molecule has 0 aliphatic carbocycles. The van der Waals surface area contributed by atoms with Gasteiger partial charge >= 0.3 is 5.97 Å². The number of halogens is 1. The third kappa shape index (κ3) is 4.56.